The summed E-state index contributed by atoms with van der Waals surface area (Å²) in [6.07, 6.45) is 0. The molecule has 0 unspecified atom stereocenters. The van der Waals surface area contributed by atoms with Crippen LogP contribution in [0.25, 0.3) is 0 Å². The molecular formula is C21H19BrN2O4S. The molecule has 29 heavy (non-hydrogen) atoms. The molecule has 0 aliphatic heterocycles. The van der Waals surface area contributed by atoms with Crippen molar-refractivity contribution in [2.45, 2.75) is 11.5 Å². The largest absolute Gasteiger partial charge is 0.486 e. The summed E-state index contributed by atoms with van der Waals surface area (Å²) in [6.45, 7) is 0.216. The van der Waals surface area contributed by atoms with Crippen molar-refractivity contribution in [1.29, 1.82) is 0 Å². The molecule has 3 aromatic rings. The number of nitrogens with one attached hydrogen (secondary N) is 1. The number of anilines is 1. The van der Waals surface area contributed by atoms with Crippen molar-refractivity contribution in [3.63, 3.8) is 0 Å². The molecule has 3 rings (SSSR count). The van der Waals surface area contributed by atoms with Crippen molar-refractivity contribution in [2.75, 3.05) is 19.4 Å². The van der Waals surface area contributed by atoms with Crippen LogP contribution in [0.15, 0.2) is 74.4 Å². The summed E-state index contributed by atoms with van der Waals surface area (Å²) in [5, 5.41) is 2.69. The van der Waals surface area contributed by atoms with E-state index in [2.05, 4.69) is 21.2 Å². The van der Waals surface area contributed by atoms with Crippen LogP contribution in [0.1, 0.15) is 16.3 Å². The highest BCUT2D eigenvalue weighted by atomic mass is 79.9. The summed E-state index contributed by atoms with van der Waals surface area (Å²) in [6, 6.07) is 17.8. The summed E-state index contributed by atoms with van der Waals surface area (Å²) in [7, 11) is 3.38. The Morgan fingerprint density at radius 2 is 1.86 bits per heavy atom. The second kappa shape index (κ2) is 9.67. The number of nitrogens with zero attached hydrogens (tertiary/aromatic N) is 1. The molecule has 0 atom stereocenters. The maximum atomic E-state index is 12.4. The second-order valence-corrected chi connectivity index (χ2v) is 8.19. The zero-order valence-electron chi connectivity index (χ0n) is 15.8. The van der Waals surface area contributed by atoms with E-state index in [1.807, 2.05) is 30.3 Å². The molecule has 0 saturated heterocycles. The maximum Gasteiger partial charge on any atom is 0.291 e. The lowest BCUT2D eigenvalue weighted by atomic mass is 10.3. The van der Waals surface area contributed by atoms with E-state index in [0.717, 1.165) is 21.1 Å². The van der Waals surface area contributed by atoms with E-state index >= 15 is 0 Å². The third kappa shape index (κ3) is 6.13. The predicted octanol–water partition coefficient (Wildman–Crippen LogP) is 5.65. The van der Waals surface area contributed by atoms with Crippen molar-refractivity contribution < 1.29 is 18.7 Å². The van der Waals surface area contributed by atoms with Gasteiger partial charge in [-0.3, -0.25) is 9.59 Å². The van der Waals surface area contributed by atoms with Gasteiger partial charge in [0.15, 0.2) is 5.76 Å². The van der Waals surface area contributed by atoms with Gasteiger partial charge in [0, 0.05) is 29.2 Å². The predicted molar refractivity (Wildman–Crippen MR) is 117 cm³/mol. The van der Waals surface area contributed by atoms with Crippen LogP contribution >= 0.6 is 27.7 Å². The van der Waals surface area contributed by atoms with Crippen LogP contribution < -0.4 is 10.1 Å². The Hall–Kier alpha value is -2.71. The fourth-order valence-electron chi connectivity index (χ4n) is 2.28. The molecule has 1 N–H and O–H groups in total. The van der Waals surface area contributed by atoms with Gasteiger partial charge < -0.3 is 19.4 Å². The highest BCUT2D eigenvalue weighted by Crippen LogP contribution is 2.24. The van der Waals surface area contributed by atoms with Gasteiger partial charge in [0.25, 0.3) is 11.1 Å². The van der Waals surface area contributed by atoms with Crippen molar-refractivity contribution in [1.82, 2.24) is 4.90 Å². The Morgan fingerprint density at radius 3 is 2.59 bits per heavy atom. The average molecular weight is 475 g/mol. The van der Waals surface area contributed by atoms with Gasteiger partial charge in [0.05, 0.1) is 0 Å². The monoisotopic (exact) mass is 474 g/mol. The summed E-state index contributed by atoms with van der Waals surface area (Å²) in [5.74, 6) is 1.05. The van der Waals surface area contributed by atoms with Crippen LogP contribution in [-0.2, 0) is 6.61 Å². The third-order valence-corrected chi connectivity index (χ3v) is 5.30. The van der Waals surface area contributed by atoms with E-state index in [9.17, 15) is 9.59 Å². The lowest BCUT2D eigenvalue weighted by Gasteiger charge is -2.10. The quantitative estimate of drug-likeness (QED) is 0.467. The van der Waals surface area contributed by atoms with Gasteiger partial charge in [0.2, 0.25) is 0 Å². The van der Waals surface area contributed by atoms with Crippen molar-refractivity contribution in [3.8, 4) is 5.75 Å². The van der Waals surface area contributed by atoms with Gasteiger partial charge in [-0.1, -0.05) is 22.0 Å². The molecule has 0 bridgehead atoms. The van der Waals surface area contributed by atoms with E-state index in [1.54, 1.807) is 44.4 Å². The maximum absolute atomic E-state index is 12.4. The van der Waals surface area contributed by atoms with Gasteiger partial charge in [-0.25, -0.2) is 0 Å². The summed E-state index contributed by atoms with van der Waals surface area (Å²) < 4.78 is 12.2. The van der Waals surface area contributed by atoms with Crippen molar-refractivity contribution in [3.05, 3.63) is 76.7 Å². The number of hydrogen-bond acceptors (Lipinski definition) is 5. The first kappa shape index (κ1) is 21.0. The lowest BCUT2D eigenvalue weighted by molar-refractivity contribution is 0.0992. The van der Waals surface area contributed by atoms with E-state index in [1.165, 1.54) is 4.90 Å². The third-order valence-electron chi connectivity index (χ3n) is 3.74. The zero-order valence-corrected chi connectivity index (χ0v) is 18.2. The molecule has 0 radical (unpaired) electrons. The standard InChI is InChI=1S/C21H19BrN2O4S/c1-24(2)21(26)29-18-5-3-4-15(12-18)23-20(25)19-11-10-17(28-19)13-27-16-8-6-14(22)7-9-16/h3-12H,13H2,1-2H3,(H,23,25). The minimum Gasteiger partial charge on any atom is -0.486 e. The van der Waals surface area contributed by atoms with Crippen LogP contribution in [0.5, 0.6) is 5.75 Å². The van der Waals surface area contributed by atoms with E-state index in [-0.39, 0.29) is 23.5 Å². The normalized spacial score (nSPS) is 10.4. The zero-order chi connectivity index (χ0) is 20.8. The van der Waals surface area contributed by atoms with Crippen LogP contribution in [-0.4, -0.2) is 30.1 Å². The number of furan rings is 1. The van der Waals surface area contributed by atoms with Crippen LogP contribution in [0.4, 0.5) is 10.5 Å². The molecule has 150 valence electrons. The molecule has 0 saturated carbocycles. The number of amides is 2. The molecule has 8 heteroatoms. The van der Waals surface area contributed by atoms with Crippen LogP contribution in [0.2, 0.25) is 0 Å². The SMILES string of the molecule is CN(C)C(=O)Sc1cccc(NC(=O)c2ccc(COc3ccc(Br)cc3)o2)c1. The molecule has 2 aromatic carbocycles. The van der Waals surface area contributed by atoms with Crippen molar-refractivity contribution in [2.24, 2.45) is 0 Å². The minimum atomic E-state index is -0.374. The van der Waals surface area contributed by atoms with E-state index in [4.69, 9.17) is 9.15 Å². The Balaban J connectivity index is 1.58. The van der Waals surface area contributed by atoms with Crippen LogP contribution in [0.3, 0.4) is 0 Å². The summed E-state index contributed by atoms with van der Waals surface area (Å²) in [5.41, 5.74) is 0.579. The molecule has 2 amide bonds. The molecule has 6 nitrogen and oxygen atoms in total. The molecule has 0 spiro atoms. The Bertz CT molecular complexity index is 1000. The number of carbonyl (C=O) groups is 2. The van der Waals surface area contributed by atoms with Gasteiger partial charge >= 0.3 is 0 Å². The Labute approximate surface area is 181 Å². The number of hydrogen-bond donors (Lipinski definition) is 1. The lowest BCUT2D eigenvalue weighted by Crippen LogP contribution is -2.16. The first-order valence-corrected chi connectivity index (χ1v) is 10.3. The Morgan fingerprint density at radius 1 is 1.10 bits per heavy atom. The topological polar surface area (TPSA) is 71.8 Å². The van der Waals surface area contributed by atoms with Gasteiger partial charge in [-0.2, -0.15) is 0 Å². The number of rotatable bonds is 6. The molecule has 0 aliphatic carbocycles. The van der Waals surface area contributed by atoms with Crippen LogP contribution in [0, 0.1) is 0 Å². The molecular weight excluding hydrogens is 456 g/mol. The molecule has 0 fully saturated rings. The number of carbonyl (C=O) groups excluding carboxylic acids is 2. The van der Waals surface area contributed by atoms with E-state index < -0.39 is 0 Å². The van der Waals surface area contributed by atoms with Gasteiger partial charge in [-0.15, -0.1) is 0 Å². The average Bonchev–Trinajstić information content (AvgIpc) is 3.17. The Kier molecular flexibility index (Phi) is 7.00. The number of benzene rings is 2. The van der Waals surface area contributed by atoms with Gasteiger partial charge in [-0.05, 0) is 66.4 Å². The van der Waals surface area contributed by atoms with Gasteiger partial charge in [0.1, 0.15) is 18.1 Å². The minimum absolute atomic E-state index is 0.0880. The first-order chi connectivity index (χ1) is 13.9. The first-order valence-electron chi connectivity index (χ1n) is 8.68. The number of thioether (sulfide) groups is 1. The summed E-state index contributed by atoms with van der Waals surface area (Å²) >= 11 is 4.46. The smallest absolute Gasteiger partial charge is 0.291 e. The van der Waals surface area contributed by atoms with Crippen molar-refractivity contribution >= 4 is 44.5 Å². The molecule has 1 heterocycles. The summed E-state index contributed by atoms with van der Waals surface area (Å²) in [4.78, 5) is 26.5. The highest BCUT2D eigenvalue weighted by Gasteiger charge is 2.13. The fourth-order valence-corrected chi connectivity index (χ4v) is 3.27. The molecule has 1 aromatic heterocycles. The highest BCUT2D eigenvalue weighted by molar-refractivity contribution is 9.10. The number of ether oxygens (including phenoxy) is 1. The fraction of sp³-hybridized carbons (Fsp3) is 0.143. The van der Waals surface area contributed by atoms with E-state index in [0.29, 0.717) is 17.2 Å². The molecule has 0 aliphatic rings. The number of halogens is 1. The second-order valence-electron chi connectivity index (χ2n) is 6.25.